The van der Waals surface area contributed by atoms with Gasteiger partial charge in [0.2, 0.25) is 0 Å². The minimum absolute atomic E-state index is 0.112. The SMILES string of the molecule is Cc1[nH]n(-c2ccccc2)c(=O)c1C=NNC(=O)c1ccc([N+](=O)[O-])cc1. The number of carbonyl (C=O) groups excluding carboxylic acids is 1. The topological polar surface area (TPSA) is 122 Å². The van der Waals surface area contributed by atoms with E-state index in [1.54, 1.807) is 19.1 Å². The van der Waals surface area contributed by atoms with E-state index in [4.69, 9.17) is 0 Å². The van der Waals surface area contributed by atoms with Gasteiger partial charge in [0.05, 0.1) is 22.4 Å². The molecule has 3 aromatic rings. The van der Waals surface area contributed by atoms with Crippen LogP contribution in [0.25, 0.3) is 5.69 Å². The van der Waals surface area contributed by atoms with Gasteiger partial charge in [0.1, 0.15) is 0 Å². The van der Waals surface area contributed by atoms with E-state index in [-0.39, 0.29) is 16.8 Å². The molecule has 0 unspecified atom stereocenters. The minimum atomic E-state index is -0.549. The molecule has 0 saturated heterocycles. The van der Waals surface area contributed by atoms with Gasteiger partial charge in [-0.05, 0) is 31.2 Å². The quantitative estimate of drug-likeness (QED) is 0.408. The summed E-state index contributed by atoms with van der Waals surface area (Å²) in [6, 6.07) is 14.2. The predicted octanol–water partition coefficient (Wildman–Crippen LogP) is 2.15. The molecule has 0 radical (unpaired) electrons. The second-order valence-corrected chi connectivity index (χ2v) is 5.63. The molecule has 0 aliphatic carbocycles. The number of hydrogen-bond donors (Lipinski definition) is 2. The highest BCUT2D eigenvalue weighted by Crippen LogP contribution is 2.11. The maximum Gasteiger partial charge on any atom is 0.280 e. The van der Waals surface area contributed by atoms with E-state index < -0.39 is 10.8 Å². The Morgan fingerprint density at radius 1 is 1.19 bits per heavy atom. The molecule has 9 nitrogen and oxygen atoms in total. The second-order valence-electron chi connectivity index (χ2n) is 5.63. The van der Waals surface area contributed by atoms with Crippen LogP contribution >= 0.6 is 0 Å². The number of nitrogens with one attached hydrogen (secondary N) is 2. The number of benzene rings is 2. The van der Waals surface area contributed by atoms with E-state index in [1.807, 2.05) is 18.2 Å². The number of nitro groups is 1. The molecule has 1 aromatic heterocycles. The number of carbonyl (C=O) groups is 1. The van der Waals surface area contributed by atoms with Crippen molar-refractivity contribution in [2.75, 3.05) is 0 Å². The van der Waals surface area contributed by atoms with Crippen LogP contribution in [0.15, 0.2) is 64.5 Å². The van der Waals surface area contributed by atoms with E-state index in [1.165, 1.54) is 35.2 Å². The number of nitro benzene ring substituents is 1. The van der Waals surface area contributed by atoms with E-state index in [2.05, 4.69) is 15.6 Å². The molecule has 1 amide bonds. The van der Waals surface area contributed by atoms with Crippen LogP contribution in [0.4, 0.5) is 5.69 Å². The average molecular weight is 365 g/mol. The molecule has 27 heavy (non-hydrogen) atoms. The number of non-ortho nitro benzene ring substituents is 1. The van der Waals surface area contributed by atoms with Crippen molar-refractivity contribution in [1.29, 1.82) is 0 Å². The molecule has 0 aliphatic heterocycles. The maximum atomic E-state index is 12.5. The van der Waals surface area contributed by atoms with Crippen molar-refractivity contribution in [2.24, 2.45) is 5.10 Å². The van der Waals surface area contributed by atoms with Crippen molar-refractivity contribution >= 4 is 17.8 Å². The third kappa shape index (κ3) is 3.82. The fourth-order valence-electron chi connectivity index (χ4n) is 2.42. The highest BCUT2D eigenvalue weighted by atomic mass is 16.6. The van der Waals surface area contributed by atoms with Gasteiger partial charge in [-0.3, -0.25) is 24.8 Å². The minimum Gasteiger partial charge on any atom is -0.295 e. The number of rotatable bonds is 5. The van der Waals surface area contributed by atoms with E-state index >= 15 is 0 Å². The fourth-order valence-corrected chi connectivity index (χ4v) is 2.42. The van der Waals surface area contributed by atoms with Gasteiger partial charge in [0.25, 0.3) is 17.2 Å². The Kier molecular flexibility index (Phi) is 4.93. The number of aromatic amines is 1. The van der Waals surface area contributed by atoms with Crippen LogP contribution in [0.5, 0.6) is 0 Å². The third-order valence-electron chi connectivity index (χ3n) is 3.83. The maximum absolute atomic E-state index is 12.5. The highest BCUT2D eigenvalue weighted by Gasteiger charge is 2.11. The number of hydrogen-bond acceptors (Lipinski definition) is 5. The lowest BCUT2D eigenvalue weighted by Crippen LogP contribution is -2.20. The standard InChI is InChI=1S/C18H15N5O4/c1-12-16(18(25)22(21-12)14-5-3-2-4-6-14)11-19-20-17(24)13-7-9-15(10-8-13)23(26)27/h2-11,21H,1H3,(H,20,24). The highest BCUT2D eigenvalue weighted by molar-refractivity contribution is 5.95. The van der Waals surface area contributed by atoms with Crippen LogP contribution in [0.3, 0.4) is 0 Å². The Hall–Kier alpha value is -4.01. The summed E-state index contributed by atoms with van der Waals surface area (Å²) in [5, 5.41) is 17.4. The van der Waals surface area contributed by atoms with Gasteiger partial charge >= 0.3 is 0 Å². The molecule has 0 fully saturated rings. The molecule has 136 valence electrons. The van der Waals surface area contributed by atoms with E-state index in [9.17, 15) is 19.7 Å². The van der Waals surface area contributed by atoms with Crippen molar-refractivity contribution < 1.29 is 9.72 Å². The predicted molar refractivity (Wildman–Crippen MR) is 99.3 cm³/mol. The summed E-state index contributed by atoms with van der Waals surface area (Å²) in [7, 11) is 0. The normalized spacial score (nSPS) is 10.9. The Morgan fingerprint density at radius 3 is 2.48 bits per heavy atom. The molecule has 3 rings (SSSR count). The Balaban J connectivity index is 1.75. The molecular formula is C18H15N5O4. The Bertz CT molecular complexity index is 1070. The van der Waals surface area contributed by atoms with Gasteiger partial charge in [-0.2, -0.15) is 5.10 Å². The second kappa shape index (κ2) is 7.48. The molecule has 0 spiro atoms. The number of aryl methyl sites for hydroxylation is 1. The summed E-state index contributed by atoms with van der Waals surface area (Å²) in [6.45, 7) is 1.72. The summed E-state index contributed by atoms with van der Waals surface area (Å²) < 4.78 is 1.38. The van der Waals surface area contributed by atoms with Crippen molar-refractivity contribution in [3.8, 4) is 5.69 Å². The number of H-pyrrole nitrogens is 1. The number of aromatic nitrogens is 2. The first-order chi connectivity index (χ1) is 13.0. The lowest BCUT2D eigenvalue weighted by Gasteiger charge is -1.99. The molecule has 0 bridgehead atoms. The average Bonchev–Trinajstić information content (AvgIpc) is 2.97. The first kappa shape index (κ1) is 17.8. The zero-order chi connectivity index (χ0) is 19.4. The van der Waals surface area contributed by atoms with Gasteiger partial charge in [-0.25, -0.2) is 10.1 Å². The fraction of sp³-hybridized carbons (Fsp3) is 0.0556. The van der Waals surface area contributed by atoms with Crippen LogP contribution in [-0.2, 0) is 0 Å². The number of amides is 1. The summed E-state index contributed by atoms with van der Waals surface area (Å²) >= 11 is 0. The smallest absolute Gasteiger partial charge is 0.280 e. The van der Waals surface area contributed by atoms with Crippen LogP contribution in [0, 0.1) is 17.0 Å². The van der Waals surface area contributed by atoms with Gasteiger partial charge in [-0.15, -0.1) is 0 Å². The van der Waals surface area contributed by atoms with Crippen LogP contribution in [0.1, 0.15) is 21.6 Å². The first-order valence-corrected chi connectivity index (χ1v) is 7.92. The van der Waals surface area contributed by atoms with Gasteiger partial charge in [0, 0.05) is 23.4 Å². The van der Waals surface area contributed by atoms with E-state index in [0.717, 1.165) is 0 Å². The molecule has 0 atom stereocenters. The molecule has 0 aliphatic rings. The summed E-state index contributed by atoms with van der Waals surface area (Å²) in [6.07, 6.45) is 1.26. The summed E-state index contributed by atoms with van der Waals surface area (Å²) in [5.41, 5.74) is 3.68. The van der Waals surface area contributed by atoms with E-state index in [0.29, 0.717) is 16.9 Å². The first-order valence-electron chi connectivity index (χ1n) is 7.92. The van der Waals surface area contributed by atoms with Crippen molar-refractivity contribution in [2.45, 2.75) is 6.92 Å². The van der Waals surface area contributed by atoms with Gasteiger partial charge in [-0.1, -0.05) is 18.2 Å². The zero-order valence-electron chi connectivity index (χ0n) is 14.2. The molecule has 2 N–H and O–H groups in total. The zero-order valence-corrected chi connectivity index (χ0v) is 14.2. The van der Waals surface area contributed by atoms with Crippen LogP contribution in [0.2, 0.25) is 0 Å². The number of hydrazone groups is 1. The molecule has 0 saturated carbocycles. The monoisotopic (exact) mass is 365 g/mol. The van der Waals surface area contributed by atoms with Crippen molar-refractivity contribution in [3.63, 3.8) is 0 Å². The van der Waals surface area contributed by atoms with Gasteiger partial charge in [0.15, 0.2) is 0 Å². The Morgan fingerprint density at radius 2 is 1.85 bits per heavy atom. The lowest BCUT2D eigenvalue weighted by atomic mass is 10.2. The molecule has 9 heteroatoms. The molecular weight excluding hydrogens is 350 g/mol. The van der Waals surface area contributed by atoms with Crippen LogP contribution in [-0.4, -0.2) is 26.8 Å². The molecule has 1 heterocycles. The van der Waals surface area contributed by atoms with Gasteiger partial charge < -0.3 is 0 Å². The van der Waals surface area contributed by atoms with Crippen molar-refractivity contribution in [1.82, 2.24) is 15.2 Å². The van der Waals surface area contributed by atoms with Crippen LogP contribution < -0.4 is 11.0 Å². The lowest BCUT2D eigenvalue weighted by molar-refractivity contribution is -0.384. The summed E-state index contributed by atoms with van der Waals surface area (Å²) in [4.78, 5) is 34.6. The largest absolute Gasteiger partial charge is 0.295 e. The number of para-hydroxylation sites is 1. The number of nitrogens with zero attached hydrogens (tertiary/aromatic N) is 3. The summed E-state index contributed by atoms with van der Waals surface area (Å²) in [5.74, 6) is -0.544. The van der Waals surface area contributed by atoms with Crippen molar-refractivity contribution in [3.05, 3.63) is 91.9 Å². The Labute approximate surface area is 153 Å². The molecule has 2 aromatic carbocycles. The third-order valence-corrected chi connectivity index (χ3v) is 3.83.